The number of nitrogens with zero attached hydrogens (tertiary/aromatic N) is 2. The molecule has 0 spiro atoms. The average molecular weight is 589 g/mol. The van der Waals surface area contributed by atoms with E-state index in [0.29, 0.717) is 11.3 Å². The summed E-state index contributed by atoms with van der Waals surface area (Å²) in [5.74, 6) is -11.3. The zero-order chi connectivity index (χ0) is 31.3. The summed E-state index contributed by atoms with van der Waals surface area (Å²) in [4.78, 5) is 82.0. The average Bonchev–Trinajstić information content (AvgIpc) is 2.89. The molecule has 2 fully saturated rings. The molecule has 0 saturated heterocycles. The molecule has 3 aliphatic rings. The number of fused-ring (bicyclic) bond motifs is 3. The summed E-state index contributed by atoms with van der Waals surface area (Å²) in [5, 5.41) is 25.4. The minimum absolute atomic E-state index is 0.00459. The highest BCUT2D eigenvalue weighted by atomic mass is 16.6. The third kappa shape index (κ3) is 4.82. The molecule has 1 aromatic rings. The van der Waals surface area contributed by atoms with Gasteiger partial charge >= 0.3 is 6.09 Å². The fraction of sp³-hybridized carbons (Fsp3) is 0.571. The van der Waals surface area contributed by atoms with Crippen molar-refractivity contribution in [1.82, 2.24) is 10.2 Å². The molecule has 4 rings (SSSR count). The van der Waals surface area contributed by atoms with Gasteiger partial charge in [-0.15, -0.1) is 0 Å². The molecule has 14 nitrogen and oxygen atoms in total. The van der Waals surface area contributed by atoms with Crippen molar-refractivity contribution < 1.29 is 48.5 Å². The van der Waals surface area contributed by atoms with Crippen LogP contribution in [0.1, 0.15) is 27.9 Å². The molecule has 2 amide bonds. The Bertz CT molecular complexity index is 1360. The minimum atomic E-state index is -2.80. The summed E-state index contributed by atoms with van der Waals surface area (Å²) in [6, 6.07) is 0.441. The van der Waals surface area contributed by atoms with Crippen LogP contribution in [-0.2, 0) is 41.6 Å². The summed E-state index contributed by atoms with van der Waals surface area (Å²) < 4.78 is 9.80. The van der Waals surface area contributed by atoms with E-state index in [9.17, 15) is 39.0 Å². The highest BCUT2D eigenvalue weighted by molar-refractivity contribution is 6.32. The van der Waals surface area contributed by atoms with Crippen molar-refractivity contribution in [2.75, 3.05) is 53.4 Å². The molecule has 14 heteroatoms. The van der Waals surface area contributed by atoms with Crippen LogP contribution in [0.3, 0.4) is 0 Å². The first-order chi connectivity index (χ1) is 19.7. The van der Waals surface area contributed by atoms with Crippen LogP contribution in [0.5, 0.6) is 5.75 Å². The van der Waals surface area contributed by atoms with Crippen LogP contribution in [0.2, 0.25) is 0 Å². The van der Waals surface area contributed by atoms with Gasteiger partial charge in [0.15, 0.2) is 34.7 Å². The van der Waals surface area contributed by atoms with Crippen molar-refractivity contribution >= 4 is 40.8 Å². The lowest BCUT2D eigenvalue weighted by Crippen LogP contribution is -2.74. The topological polar surface area (TPSA) is 206 Å². The molecule has 0 aliphatic heterocycles. The van der Waals surface area contributed by atoms with Crippen molar-refractivity contribution in [2.45, 2.75) is 31.0 Å². The first kappa shape index (κ1) is 31.1. The number of phenols is 1. The number of nitrogens with one attached hydrogen (secondary N) is 1. The van der Waals surface area contributed by atoms with E-state index in [1.54, 1.807) is 25.1 Å². The number of benzene rings is 1. The predicted molar refractivity (Wildman–Crippen MR) is 146 cm³/mol. The monoisotopic (exact) mass is 588 g/mol. The molecule has 2 unspecified atom stereocenters. The smallest absolute Gasteiger partial charge is 0.407 e. The number of primary amides is 1. The number of carbonyl (C=O) groups excluding carboxylic acids is 6. The number of aliphatic hydroxyl groups is 1. The number of methoxy groups -OCH3 is 1. The Kier molecular flexibility index (Phi) is 8.45. The number of amides is 2. The maximum atomic E-state index is 14.0. The molecule has 0 aromatic heterocycles. The largest absolute Gasteiger partial charge is 0.507 e. The zero-order valence-electron chi connectivity index (χ0n) is 24.1. The molecular weight excluding hydrogens is 552 g/mol. The van der Waals surface area contributed by atoms with Crippen LogP contribution in [0.25, 0.3) is 0 Å². The lowest BCUT2D eigenvalue weighted by Gasteiger charge is -2.52. The number of phenolic OH excluding ortho intramolecular Hbond substituents is 1. The number of hydrogen-bond acceptors (Lipinski definition) is 12. The van der Waals surface area contributed by atoms with E-state index in [4.69, 9.17) is 15.2 Å². The maximum absolute atomic E-state index is 14.0. The van der Waals surface area contributed by atoms with Gasteiger partial charge < -0.3 is 35.6 Å². The SMILES string of the molecule is COCCOC(=O)NCc1cc(N(C)C)c2c(c1O)C(=O)C1C(=O)[C@@]3(O)C(=O)C(C(N)=O)C(=O)[C@H](N(C)C)[C@H]3C[C@H]1C2. The molecule has 0 radical (unpaired) electrons. The predicted octanol–water partition coefficient (Wildman–Crippen LogP) is -1.19. The molecule has 1 aromatic carbocycles. The Balaban J connectivity index is 1.77. The Morgan fingerprint density at radius 2 is 1.79 bits per heavy atom. The second-order valence-electron chi connectivity index (χ2n) is 11.4. The van der Waals surface area contributed by atoms with Gasteiger partial charge in [-0.3, -0.25) is 28.9 Å². The Hall–Kier alpha value is -3.88. The van der Waals surface area contributed by atoms with Crippen LogP contribution in [-0.4, -0.2) is 110 Å². The van der Waals surface area contributed by atoms with Gasteiger partial charge in [0.1, 0.15) is 12.4 Å². The number of ketones is 4. The number of anilines is 1. The lowest BCUT2D eigenvalue weighted by atomic mass is 9.52. The summed E-state index contributed by atoms with van der Waals surface area (Å²) >= 11 is 0. The van der Waals surface area contributed by atoms with Gasteiger partial charge in [0.05, 0.1) is 24.1 Å². The van der Waals surface area contributed by atoms with Crippen molar-refractivity contribution in [3.8, 4) is 5.75 Å². The van der Waals surface area contributed by atoms with Crippen molar-refractivity contribution in [3.63, 3.8) is 0 Å². The Morgan fingerprint density at radius 1 is 1.12 bits per heavy atom. The van der Waals surface area contributed by atoms with Crippen molar-refractivity contribution in [3.05, 3.63) is 22.8 Å². The van der Waals surface area contributed by atoms with Crippen LogP contribution in [0.15, 0.2) is 6.07 Å². The zero-order valence-corrected chi connectivity index (χ0v) is 24.1. The molecule has 228 valence electrons. The van der Waals surface area contributed by atoms with Gasteiger partial charge in [0, 0.05) is 44.9 Å². The van der Waals surface area contributed by atoms with Crippen LogP contribution in [0, 0.1) is 23.7 Å². The molecule has 0 heterocycles. The molecule has 6 atom stereocenters. The van der Waals surface area contributed by atoms with Crippen LogP contribution in [0.4, 0.5) is 10.5 Å². The van der Waals surface area contributed by atoms with Crippen LogP contribution >= 0.6 is 0 Å². The second kappa shape index (κ2) is 11.4. The second-order valence-corrected chi connectivity index (χ2v) is 11.4. The third-order valence-corrected chi connectivity index (χ3v) is 8.54. The highest BCUT2D eigenvalue weighted by Crippen LogP contribution is 2.52. The normalized spacial score (nSPS) is 28.6. The fourth-order valence-corrected chi connectivity index (χ4v) is 6.68. The van der Waals surface area contributed by atoms with E-state index in [1.165, 1.54) is 26.1 Å². The van der Waals surface area contributed by atoms with Gasteiger partial charge in [-0.05, 0) is 44.5 Å². The van der Waals surface area contributed by atoms with E-state index in [0.717, 1.165) is 0 Å². The standard InChI is InChI=1S/C28H36N4O10/c1-31(2)16-10-13(11-30-27(39)42-7-6-41-5)21(33)18-14(16)8-12-9-15-20(32(3)4)23(35)19(26(29)38)25(37)28(15,40)24(36)17(12)22(18)34/h10,12,15,17,19-20,33,40H,6-9,11H2,1-5H3,(H2,29,38)(H,30,39)/t12-,15-,17?,19?,20-,28-/m1/s1. The number of rotatable bonds is 8. The van der Waals surface area contributed by atoms with Gasteiger partial charge in [0.2, 0.25) is 5.91 Å². The summed E-state index contributed by atoms with van der Waals surface area (Å²) in [7, 11) is 7.97. The number of nitrogens with two attached hydrogens (primary N) is 1. The Labute approximate surface area is 242 Å². The Morgan fingerprint density at radius 3 is 2.36 bits per heavy atom. The number of Topliss-reactive ketones (excluding diaryl/α,β-unsaturated/α-hetero) is 4. The fourth-order valence-electron chi connectivity index (χ4n) is 6.68. The summed E-state index contributed by atoms with van der Waals surface area (Å²) in [6.45, 7) is -0.0180. The van der Waals surface area contributed by atoms with Gasteiger partial charge in [-0.2, -0.15) is 0 Å². The third-order valence-electron chi connectivity index (χ3n) is 8.54. The van der Waals surface area contributed by atoms with Crippen LogP contribution < -0.4 is 16.0 Å². The lowest BCUT2D eigenvalue weighted by molar-refractivity contribution is -0.181. The summed E-state index contributed by atoms with van der Waals surface area (Å²) in [6.07, 6.45) is -0.698. The van der Waals surface area contributed by atoms with E-state index < -0.39 is 76.2 Å². The molecule has 5 N–H and O–H groups in total. The van der Waals surface area contributed by atoms with E-state index in [1.807, 2.05) is 0 Å². The highest BCUT2D eigenvalue weighted by Gasteiger charge is 2.69. The number of carbonyl (C=O) groups is 6. The van der Waals surface area contributed by atoms with E-state index >= 15 is 0 Å². The molecule has 2 saturated carbocycles. The van der Waals surface area contributed by atoms with Crippen molar-refractivity contribution in [2.24, 2.45) is 29.4 Å². The van der Waals surface area contributed by atoms with Crippen molar-refractivity contribution in [1.29, 1.82) is 0 Å². The first-order valence-electron chi connectivity index (χ1n) is 13.5. The molecule has 0 bridgehead atoms. The van der Waals surface area contributed by atoms with E-state index in [-0.39, 0.29) is 43.7 Å². The quantitative estimate of drug-likeness (QED) is 0.209. The van der Waals surface area contributed by atoms with Gasteiger partial charge in [0.25, 0.3) is 0 Å². The van der Waals surface area contributed by atoms with E-state index in [2.05, 4.69) is 5.32 Å². The minimum Gasteiger partial charge on any atom is -0.507 e. The number of aromatic hydroxyl groups is 1. The number of ether oxygens (including phenoxy) is 2. The molecule has 3 aliphatic carbocycles. The molecule has 42 heavy (non-hydrogen) atoms. The molecular formula is C28H36N4O10. The van der Waals surface area contributed by atoms with Gasteiger partial charge in [-0.1, -0.05) is 0 Å². The first-order valence-corrected chi connectivity index (χ1v) is 13.5. The number of alkyl carbamates (subject to hydrolysis) is 1. The number of hydrogen-bond donors (Lipinski definition) is 4. The van der Waals surface area contributed by atoms with Gasteiger partial charge in [-0.25, -0.2) is 4.79 Å². The summed E-state index contributed by atoms with van der Waals surface area (Å²) in [5.41, 5.74) is 3.58. The maximum Gasteiger partial charge on any atom is 0.407 e. The number of likely N-dealkylation sites (N-methyl/N-ethyl adjacent to an activating group) is 1.